The van der Waals surface area contributed by atoms with Crippen molar-refractivity contribution in [3.05, 3.63) is 35.1 Å². The number of rotatable bonds is 8. The third-order valence-corrected chi connectivity index (χ3v) is 2.97. The molecule has 5 nitrogen and oxygen atoms in total. The number of halogens is 1. The SMILES string of the molecule is COCCNC(=O)CN(C)Cc1cc(F)cc(C(N)=S)c1. The van der Waals surface area contributed by atoms with Crippen LogP contribution in [0.15, 0.2) is 18.2 Å². The molecule has 0 heterocycles. The summed E-state index contributed by atoms with van der Waals surface area (Å²) < 4.78 is 18.3. The van der Waals surface area contributed by atoms with Crippen LogP contribution < -0.4 is 11.1 Å². The summed E-state index contributed by atoms with van der Waals surface area (Å²) in [6.45, 7) is 1.57. The van der Waals surface area contributed by atoms with Crippen molar-refractivity contribution >= 4 is 23.1 Å². The predicted molar refractivity (Wildman–Crippen MR) is 83.5 cm³/mol. The number of benzene rings is 1. The maximum atomic E-state index is 13.5. The number of nitrogens with two attached hydrogens (primary N) is 1. The fourth-order valence-corrected chi connectivity index (χ4v) is 1.96. The van der Waals surface area contributed by atoms with Crippen LogP contribution in [0.3, 0.4) is 0 Å². The maximum absolute atomic E-state index is 13.5. The van der Waals surface area contributed by atoms with Gasteiger partial charge in [-0.25, -0.2) is 4.39 Å². The van der Waals surface area contributed by atoms with Gasteiger partial charge in [-0.2, -0.15) is 0 Å². The number of nitrogens with zero attached hydrogens (tertiary/aromatic N) is 1. The first kappa shape index (κ1) is 17.5. The highest BCUT2D eigenvalue weighted by atomic mass is 32.1. The number of amides is 1. The zero-order valence-corrected chi connectivity index (χ0v) is 13.0. The summed E-state index contributed by atoms with van der Waals surface area (Å²) in [6.07, 6.45) is 0. The molecule has 1 aromatic carbocycles. The minimum absolute atomic E-state index is 0.111. The Morgan fingerprint density at radius 2 is 2.19 bits per heavy atom. The second-order valence-corrected chi connectivity index (χ2v) is 5.17. The minimum Gasteiger partial charge on any atom is -0.389 e. The molecule has 0 radical (unpaired) electrons. The fraction of sp³-hybridized carbons (Fsp3) is 0.429. The van der Waals surface area contributed by atoms with Crippen LogP contribution in [0.2, 0.25) is 0 Å². The summed E-state index contributed by atoms with van der Waals surface area (Å²) in [4.78, 5) is 13.6. The second kappa shape index (κ2) is 8.66. The lowest BCUT2D eigenvalue weighted by Gasteiger charge is -2.17. The van der Waals surface area contributed by atoms with E-state index in [-0.39, 0.29) is 17.4 Å². The molecule has 0 aliphatic rings. The summed E-state index contributed by atoms with van der Waals surface area (Å²) in [6, 6.07) is 4.43. The van der Waals surface area contributed by atoms with E-state index >= 15 is 0 Å². The van der Waals surface area contributed by atoms with Crippen LogP contribution in [0.25, 0.3) is 0 Å². The zero-order chi connectivity index (χ0) is 15.8. The largest absolute Gasteiger partial charge is 0.389 e. The molecule has 0 bridgehead atoms. The van der Waals surface area contributed by atoms with Gasteiger partial charge in [0.05, 0.1) is 13.2 Å². The Kier molecular flexibility index (Phi) is 7.21. The molecule has 0 unspecified atom stereocenters. The van der Waals surface area contributed by atoms with E-state index in [9.17, 15) is 9.18 Å². The highest BCUT2D eigenvalue weighted by molar-refractivity contribution is 7.80. The first-order valence-electron chi connectivity index (χ1n) is 6.46. The molecule has 21 heavy (non-hydrogen) atoms. The number of ether oxygens (including phenoxy) is 1. The molecule has 0 fully saturated rings. The van der Waals surface area contributed by atoms with Gasteiger partial charge in [0.1, 0.15) is 10.8 Å². The Morgan fingerprint density at radius 1 is 1.48 bits per heavy atom. The summed E-state index contributed by atoms with van der Waals surface area (Å²) in [5.74, 6) is -0.506. The molecule has 1 rings (SSSR count). The van der Waals surface area contributed by atoms with E-state index in [0.717, 1.165) is 0 Å². The van der Waals surface area contributed by atoms with E-state index in [1.807, 2.05) is 0 Å². The van der Waals surface area contributed by atoms with Crippen LogP contribution in [0.1, 0.15) is 11.1 Å². The third kappa shape index (κ3) is 6.61. The smallest absolute Gasteiger partial charge is 0.234 e. The number of hydrogen-bond donors (Lipinski definition) is 2. The average molecular weight is 313 g/mol. The van der Waals surface area contributed by atoms with Crippen LogP contribution in [0, 0.1) is 5.82 Å². The van der Waals surface area contributed by atoms with Crippen LogP contribution in [-0.2, 0) is 16.1 Å². The number of likely N-dealkylation sites (N-methyl/N-ethyl adjacent to an activating group) is 1. The van der Waals surface area contributed by atoms with Crippen molar-refractivity contribution in [3.63, 3.8) is 0 Å². The fourth-order valence-electron chi connectivity index (χ4n) is 1.85. The van der Waals surface area contributed by atoms with Gasteiger partial charge in [-0.1, -0.05) is 12.2 Å². The average Bonchev–Trinajstić information content (AvgIpc) is 2.37. The van der Waals surface area contributed by atoms with Gasteiger partial charge in [-0.3, -0.25) is 9.69 Å². The molecule has 0 saturated heterocycles. The van der Waals surface area contributed by atoms with Gasteiger partial charge in [0.25, 0.3) is 0 Å². The van der Waals surface area contributed by atoms with E-state index in [0.29, 0.717) is 30.8 Å². The highest BCUT2D eigenvalue weighted by Gasteiger charge is 2.09. The summed E-state index contributed by atoms with van der Waals surface area (Å²) in [5, 5.41) is 2.72. The summed E-state index contributed by atoms with van der Waals surface area (Å²) in [5.41, 5.74) is 6.70. The molecule has 0 aromatic heterocycles. The number of carbonyl (C=O) groups is 1. The van der Waals surface area contributed by atoms with E-state index in [1.54, 1.807) is 25.1 Å². The quantitative estimate of drug-likeness (QED) is 0.545. The van der Waals surface area contributed by atoms with Gasteiger partial charge in [-0.05, 0) is 30.8 Å². The molecule has 0 spiro atoms. The van der Waals surface area contributed by atoms with Crippen molar-refractivity contribution in [2.24, 2.45) is 5.73 Å². The normalized spacial score (nSPS) is 10.7. The summed E-state index contributed by atoms with van der Waals surface area (Å²) in [7, 11) is 3.35. The molecule has 0 atom stereocenters. The Hall–Kier alpha value is -1.57. The van der Waals surface area contributed by atoms with E-state index in [4.69, 9.17) is 22.7 Å². The van der Waals surface area contributed by atoms with E-state index < -0.39 is 5.82 Å². The standard InChI is InChI=1S/C14H20FN3O2S/c1-18(9-13(19)17-3-4-20-2)8-10-5-11(14(16)21)7-12(15)6-10/h5-7H,3-4,8-9H2,1-2H3,(H2,16,21)(H,17,19). The Bertz CT molecular complexity index is 511. The molecule has 3 N–H and O–H groups in total. The van der Waals surface area contributed by atoms with Gasteiger partial charge in [0, 0.05) is 25.8 Å². The van der Waals surface area contributed by atoms with Crippen molar-refractivity contribution in [3.8, 4) is 0 Å². The van der Waals surface area contributed by atoms with Crippen LogP contribution in [0.5, 0.6) is 0 Å². The van der Waals surface area contributed by atoms with Gasteiger partial charge >= 0.3 is 0 Å². The lowest BCUT2D eigenvalue weighted by atomic mass is 10.1. The Labute approximate surface area is 129 Å². The molecular weight excluding hydrogens is 293 g/mol. The molecule has 0 aliphatic heterocycles. The predicted octanol–water partition coefficient (Wildman–Crippen LogP) is 0.654. The lowest BCUT2D eigenvalue weighted by molar-refractivity contribution is -0.122. The first-order valence-corrected chi connectivity index (χ1v) is 6.86. The molecule has 1 aromatic rings. The van der Waals surface area contributed by atoms with Crippen molar-refractivity contribution in [1.29, 1.82) is 0 Å². The van der Waals surface area contributed by atoms with Gasteiger partial charge in [-0.15, -0.1) is 0 Å². The molecule has 1 amide bonds. The number of nitrogens with one attached hydrogen (secondary N) is 1. The summed E-state index contributed by atoms with van der Waals surface area (Å²) >= 11 is 4.85. The van der Waals surface area contributed by atoms with Gasteiger partial charge in [0.2, 0.25) is 5.91 Å². The van der Waals surface area contributed by atoms with Crippen LogP contribution in [-0.4, -0.2) is 49.6 Å². The van der Waals surface area contributed by atoms with Crippen molar-refractivity contribution in [1.82, 2.24) is 10.2 Å². The molecule has 7 heteroatoms. The van der Waals surface area contributed by atoms with Gasteiger partial charge in [0.15, 0.2) is 0 Å². The van der Waals surface area contributed by atoms with Crippen molar-refractivity contribution in [2.45, 2.75) is 6.54 Å². The van der Waals surface area contributed by atoms with Crippen molar-refractivity contribution in [2.75, 3.05) is 33.9 Å². The molecule has 0 aliphatic carbocycles. The molecular formula is C14H20FN3O2S. The van der Waals surface area contributed by atoms with E-state index in [1.165, 1.54) is 12.1 Å². The third-order valence-electron chi connectivity index (χ3n) is 2.74. The minimum atomic E-state index is -0.395. The number of thiocarbonyl (C=S) groups is 1. The highest BCUT2D eigenvalue weighted by Crippen LogP contribution is 2.11. The zero-order valence-electron chi connectivity index (χ0n) is 12.2. The van der Waals surface area contributed by atoms with E-state index in [2.05, 4.69) is 5.32 Å². The topological polar surface area (TPSA) is 67.6 Å². The lowest BCUT2D eigenvalue weighted by Crippen LogP contribution is -2.36. The first-order chi connectivity index (χ1) is 9.92. The molecule has 0 saturated carbocycles. The Balaban J connectivity index is 2.56. The van der Waals surface area contributed by atoms with Crippen LogP contribution >= 0.6 is 12.2 Å². The monoisotopic (exact) mass is 313 g/mol. The number of methoxy groups -OCH3 is 1. The Morgan fingerprint density at radius 3 is 2.81 bits per heavy atom. The molecule has 116 valence electrons. The van der Waals surface area contributed by atoms with Crippen molar-refractivity contribution < 1.29 is 13.9 Å². The number of carbonyl (C=O) groups excluding carboxylic acids is 1. The second-order valence-electron chi connectivity index (χ2n) is 4.73. The van der Waals surface area contributed by atoms with Gasteiger partial charge < -0.3 is 15.8 Å². The van der Waals surface area contributed by atoms with Crippen LogP contribution in [0.4, 0.5) is 4.39 Å². The maximum Gasteiger partial charge on any atom is 0.234 e. The number of hydrogen-bond acceptors (Lipinski definition) is 4.